The van der Waals surface area contributed by atoms with Crippen LogP contribution in [0.1, 0.15) is 44.9 Å². The van der Waals surface area contributed by atoms with E-state index in [0.29, 0.717) is 11.7 Å². The summed E-state index contributed by atoms with van der Waals surface area (Å²) in [5.41, 5.74) is 0. The first kappa shape index (κ1) is 23.9. The Morgan fingerprint density at radius 2 is 1.16 bits per heavy atom. The second-order valence-electron chi connectivity index (χ2n) is 8.44. The largest absolute Gasteiger partial charge is 1.00 e. The molecule has 0 radical (unpaired) electrons. The summed E-state index contributed by atoms with van der Waals surface area (Å²) >= 11 is 0. The van der Waals surface area contributed by atoms with Crippen LogP contribution in [0.2, 0.25) is 0 Å². The lowest BCUT2D eigenvalue weighted by molar-refractivity contribution is -0.124. The maximum atomic E-state index is 12.3. The highest BCUT2D eigenvalue weighted by Gasteiger charge is 2.44. The smallest absolute Gasteiger partial charge is 0.135 e. The third kappa shape index (κ3) is 5.54. The molecule has 0 N–H and O–H groups in total. The van der Waals surface area contributed by atoms with E-state index in [1.807, 2.05) is 0 Å². The molecule has 1 aliphatic rings. The number of unbranched alkanes of at least 4 members (excludes halogenated alkanes) is 1. The molecule has 0 heterocycles. The maximum Gasteiger partial charge on any atom is 0.135 e. The zero-order chi connectivity index (χ0) is 20.7. The van der Waals surface area contributed by atoms with Gasteiger partial charge in [-0.25, -0.2) is 0 Å². The van der Waals surface area contributed by atoms with Crippen molar-refractivity contribution < 1.29 is 21.8 Å². The third-order valence-electron chi connectivity index (χ3n) is 6.57. The zero-order valence-electron chi connectivity index (χ0n) is 18.1. The van der Waals surface area contributed by atoms with Gasteiger partial charge in [0.05, 0.1) is 6.16 Å². The highest BCUT2D eigenvalue weighted by molar-refractivity contribution is 7.95. The van der Waals surface area contributed by atoms with Gasteiger partial charge in [0.25, 0.3) is 0 Å². The molecule has 1 nitrogen and oxygen atoms in total. The van der Waals surface area contributed by atoms with Crippen molar-refractivity contribution in [3.63, 3.8) is 0 Å². The first-order valence-electron chi connectivity index (χ1n) is 11.4. The van der Waals surface area contributed by atoms with Gasteiger partial charge in [-0.15, -0.1) is 0 Å². The van der Waals surface area contributed by atoms with Crippen LogP contribution in [0.5, 0.6) is 0 Å². The van der Waals surface area contributed by atoms with Gasteiger partial charge in [0.1, 0.15) is 29.0 Å². The molecule has 1 aliphatic carbocycles. The van der Waals surface area contributed by atoms with E-state index in [0.717, 1.165) is 44.7 Å². The van der Waals surface area contributed by atoms with Crippen molar-refractivity contribution in [2.75, 3.05) is 6.16 Å². The number of rotatable bonds is 8. The molecule has 3 aromatic rings. The Morgan fingerprint density at radius 3 is 1.61 bits per heavy atom. The Balaban J connectivity index is 0.00000272. The van der Waals surface area contributed by atoms with Crippen molar-refractivity contribution >= 4 is 29.0 Å². The summed E-state index contributed by atoms with van der Waals surface area (Å²) in [7, 11) is -1.72. The van der Waals surface area contributed by atoms with Crippen LogP contribution in [-0.4, -0.2) is 11.9 Å². The highest BCUT2D eigenvalue weighted by Crippen LogP contribution is 2.56. The molecule has 0 aliphatic heterocycles. The number of hydrogen-bond donors (Lipinski definition) is 0. The quantitative estimate of drug-likeness (QED) is 0.347. The van der Waals surface area contributed by atoms with Crippen LogP contribution in [0.4, 0.5) is 0 Å². The van der Waals surface area contributed by atoms with Crippen LogP contribution >= 0.6 is 7.26 Å². The molecule has 0 bridgehead atoms. The number of ketones is 1. The standard InChI is InChI=1S/C28H32OP.BrH/c29-28-22-11-10-14-24(28)15-12-13-23-30(25-16-4-1-5-17-25,26-18-6-2-7-19-26)27-20-8-3-9-21-27;/h1-9,16-21,24H,10-15,22-23H2;1H/q+1;/p-1. The fourth-order valence-electron chi connectivity index (χ4n) is 4.98. The van der Waals surface area contributed by atoms with Gasteiger partial charge in [0, 0.05) is 12.3 Å². The Labute approximate surface area is 198 Å². The fourth-order valence-corrected chi connectivity index (χ4v) is 9.39. The maximum absolute atomic E-state index is 12.3. The van der Waals surface area contributed by atoms with E-state index in [2.05, 4.69) is 91.0 Å². The summed E-state index contributed by atoms with van der Waals surface area (Å²) < 4.78 is 0. The average molecular weight is 495 g/mol. The predicted molar refractivity (Wildman–Crippen MR) is 131 cm³/mol. The number of benzene rings is 3. The second kappa shape index (κ2) is 11.7. The molecule has 162 valence electrons. The van der Waals surface area contributed by atoms with Crippen LogP contribution < -0.4 is 32.9 Å². The van der Waals surface area contributed by atoms with Gasteiger partial charge in [-0.05, 0) is 68.5 Å². The van der Waals surface area contributed by atoms with Crippen molar-refractivity contribution in [2.24, 2.45) is 5.92 Å². The summed E-state index contributed by atoms with van der Waals surface area (Å²) in [5, 5.41) is 4.36. The Hall–Kier alpha value is -1.76. The fraction of sp³-hybridized carbons (Fsp3) is 0.321. The minimum Gasteiger partial charge on any atom is -1.00 e. The second-order valence-corrected chi connectivity index (χ2v) is 12.1. The monoisotopic (exact) mass is 494 g/mol. The Morgan fingerprint density at radius 1 is 0.677 bits per heavy atom. The van der Waals surface area contributed by atoms with Gasteiger partial charge < -0.3 is 17.0 Å². The van der Waals surface area contributed by atoms with Gasteiger partial charge in [0.2, 0.25) is 0 Å². The lowest BCUT2D eigenvalue weighted by atomic mass is 9.85. The number of carbonyl (C=O) groups is 1. The van der Waals surface area contributed by atoms with Crippen LogP contribution in [0.15, 0.2) is 91.0 Å². The third-order valence-corrected chi connectivity index (χ3v) is 11.1. The first-order chi connectivity index (χ1) is 14.8. The van der Waals surface area contributed by atoms with E-state index >= 15 is 0 Å². The van der Waals surface area contributed by atoms with E-state index in [4.69, 9.17) is 0 Å². The summed E-state index contributed by atoms with van der Waals surface area (Å²) in [5.74, 6) is 0.827. The molecule has 31 heavy (non-hydrogen) atoms. The number of halogens is 1. The molecule has 3 heteroatoms. The minimum atomic E-state index is -1.72. The van der Waals surface area contributed by atoms with Crippen LogP contribution in [0.3, 0.4) is 0 Å². The van der Waals surface area contributed by atoms with E-state index < -0.39 is 7.26 Å². The van der Waals surface area contributed by atoms with Crippen LogP contribution in [0.25, 0.3) is 0 Å². The Bertz CT molecular complexity index is 830. The average Bonchev–Trinajstić information content (AvgIpc) is 2.82. The highest BCUT2D eigenvalue weighted by atomic mass is 79.9. The number of carbonyl (C=O) groups excluding carboxylic acids is 1. The van der Waals surface area contributed by atoms with Crippen LogP contribution in [-0.2, 0) is 4.79 Å². The summed E-state index contributed by atoms with van der Waals surface area (Å²) in [6.07, 6.45) is 8.77. The molecule has 4 rings (SSSR count). The van der Waals surface area contributed by atoms with Crippen LogP contribution in [0, 0.1) is 5.92 Å². The predicted octanol–water partition coefficient (Wildman–Crippen LogP) is 2.91. The van der Waals surface area contributed by atoms with Crippen molar-refractivity contribution in [3.05, 3.63) is 91.0 Å². The number of hydrogen-bond acceptors (Lipinski definition) is 1. The lowest BCUT2D eigenvalue weighted by Crippen LogP contribution is -3.00. The number of Topliss-reactive ketones (excluding diaryl/α,β-unsaturated/α-hetero) is 1. The molecular formula is C28H32BrOP. The molecule has 1 fully saturated rings. The van der Waals surface area contributed by atoms with E-state index in [1.54, 1.807) is 0 Å². The molecule has 1 atom stereocenters. The summed E-state index contributed by atoms with van der Waals surface area (Å²) in [6, 6.07) is 33.3. The van der Waals surface area contributed by atoms with Gasteiger partial charge >= 0.3 is 0 Å². The van der Waals surface area contributed by atoms with E-state index in [9.17, 15) is 4.79 Å². The zero-order valence-corrected chi connectivity index (χ0v) is 20.6. The molecule has 0 spiro atoms. The van der Waals surface area contributed by atoms with Gasteiger partial charge in [-0.3, -0.25) is 4.79 Å². The molecule has 1 saturated carbocycles. The minimum absolute atomic E-state index is 0. The Kier molecular flexibility index (Phi) is 9.05. The molecule has 0 aromatic heterocycles. The topological polar surface area (TPSA) is 17.1 Å². The lowest BCUT2D eigenvalue weighted by Gasteiger charge is -2.28. The van der Waals surface area contributed by atoms with E-state index in [1.165, 1.54) is 22.3 Å². The SMILES string of the molecule is O=C1CCCCC1CCCC[P+](c1ccccc1)(c1ccccc1)c1ccccc1.[Br-]. The molecule has 1 unspecified atom stereocenters. The molecule has 3 aromatic carbocycles. The molecule has 0 saturated heterocycles. The van der Waals surface area contributed by atoms with Gasteiger partial charge in [-0.2, -0.15) is 0 Å². The normalized spacial score (nSPS) is 16.5. The summed E-state index contributed by atoms with van der Waals surface area (Å²) in [4.78, 5) is 12.3. The first-order valence-corrected chi connectivity index (χ1v) is 13.4. The molecular weight excluding hydrogens is 463 g/mol. The van der Waals surface area contributed by atoms with Crippen molar-refractivity contribution in [1.29, 1.82) is 0 Å². The molecule has 0 amide bonds. The van der Waals surface area contributed by atoms with Gasteiger partial charge in [0.15, 0.2) is 0 Å². The van der Waals surface area contributed by atoms with E-state index in [-0.39, 0.29) is 17.0 Å². The van der Waals surface area contributed by atoms with Crippen molar-refractivity contribution in [3.8, 4) is 0 Å². The summed E-state index contributed by atoms with van der Waals surface area (Å²) in [6.45, 7) is 0. The van der Waals surface area contributed by atoms with Crippen molar-refractivity contribution in [2.45, 2.75) is 44.9 Å². The van der Waals surface area contributed by atoms with Gasteiger partial charge in [-0.1, -0.05) is 61.0 Å². The van der Waals surface area contributed by atoms with Crippen molar-refractivity contribution in [1.82, 2.24) is 0 Å².